The Morgan fingerprint density at radius 3 is 2.53 bits per heavy atom. The average molecular weight is 406 g/mol. The summed E-state index contributed by atoms with van der Waals surface area (Å²) in [5, 5.41) is 8.10. The van der Waals surface area contributed by atoms with Crippen LogP contribution in [0.2, 0.25) is 0 Å². The van der Waals surface area contributed by atoms with Crippen LogP contribution < -0.4 is 15.0 Å². The van der Waals surface area contributed by atoms with Crippen LogP contribution in [-0.2, 0) is 6.54 Å². The standard InChI is InChI=1S/C22H27N7O/c1-23-22(28-15-13-27(14-16-28)21-5-3-4-11-24-21)25-17-18-10-12-29(26-18)19-6-8-20(30-2)9-7-19/h3-12H,13-17H2,1-2H3,(H,23,25). The average Bonchev–Trinajstić information content (AvgIpc) is 3.29. The summed E-state index contributed by atoms with van der Waals surface area (Å²) in [5.41, 5.74) is 1.95. The quantitative estimate of drug-likeness (QED) is 0.518. The van der Waals surface area contributed by atoms with Crippen LogP contribution >= 0.6 is 0 Å². The number of pyridine rings is 1. The van der Waals surface area contributed by atoms with Crippen LogP contribution in [0, 0.1) is 0 Å². The first kappa shape index (κ1) is 19.8. The zero-order chi connectivity index (χ0) is 20.8. The molecular weight excluding hydrogens is 378 g/mol. The highest BCUT2D eigenvalue weighted by Gasteiger charge is 2.20. The summed E-state index contributed by atoms with van der Waals surface area (Å²) >= 11 is 0. The lowest BCUT2D eigenvalue weighted by molar-refractivity contribution is 0.371. The maximum atomic E-state index is 5.21. The van der Waals surface area contributed by atoms with Gasteiger partial charge in [-0.25, -0.2) is 9.67 Å². The van der Waals surface area contributed by atoms with Crippen LogP contribution in [0.4, 0.5) is 5.82 Å². The summed E-state index contributed by atoms with van der Waals surface area (Å²) < 4.78 is 7.08. The van der Waals surface area contributed by atoms with Crippen LogP contribution in [-0.4, -0.2) is 66.0 Å². The van der Waals surface area contributed by atoms with Crippen molar-refractivity contribution in [3.05, 3.63) is 66.6 Å². The van der Waals surface area contributed by atoms with Crippen molar-refractivity contribution in [2.75, 3.05) is 45.2 Å². The van der Waals surface area contributed by atoms with Gasteiger partial charge in [-0.2, -0.15) is 5.10 Å². The first-order valence-electron chi connectivity index (χ1n) is 10.1. The molecule has 0 aliphatic carbocycles. The molecule has 4 rings (SSSR count). The van der Waals surface area contributed by atoms with Crippen LogP contribution in [0.25, 0.3) is 5.69 Å². The van der Waals surface area contributed by atoms with Gasteiger partial charge in [0.05, 0.1) is 25.0 Å². The Balaban J connectivity index is 1.31. The molecule has 2 aromatic heterocycles. The van der Waals surface area contributed by atoms with Crippen LogP contribution in [0.3, 0.4) is 0 Å². The van der Waals surface area contributed by atoms with Crippen molar-refractivity contribution in [1.29, 1.82) is 0 Å². The van der Waals surface area contributed by atoms with E-state index in [9.17, 15) is 0 Å². The van der Waals surface area contributed by atoms with Crippen molar-refractivity contribution in [3.8, 4) is 11.4 Å². The highest BCUT2D eigenvalue weighted by molar-refractivity contribution is 5.80. The van der Waals surface area contributed by atoms with Gasteiger partial charge >= 0.3 is 0 Å². The number of anilines is 1. The third kappa shape index (κ3) is 4.53. The molecule has 0 amide bonds. The maximum absolute atomic E-state index is 5.21. The molecule has 0 atom stereocenters. The van der Waals surface area contributed by atoms with E-state index >= 15 is 0 Å². The number of hydrogen-bond donors (Lipinski definition) is 1. The van der Waals surface area contributed by atoms with Gasteiger partial charge in [-0.15, -0.1) is 0 Å². The van der Waals surface area contributed by atoms with Crippen LogP contribution in [0.5, 0.6) is 5.75 Å². The summed E-state index contributed by atoms with van der Waals surface area (Å²) in [6.07, 6.45) is 3.81. The first-order chi connectivity index (χ1) is 14.8. The molecule has 8 nitrogen and oxygen atoms in total. The van der Waals surface area contributed by atoms with Gasteiger partial charge in [-0.1, -0.05) is 6.07 Å². The van der Waals surface area contributed by atoms with E-state index in [0.29, 0.717) is 6.54 Å². The zero-order valence-electron chi connectivity index (χ0n) is 17.4. The fourth-order valence-electron chi connectivity index (χ4n) is 3.52. The number of aromatic nitrogens is 3. The normalized spacial score (nSPS) is 14.7. The van der Waals surface area contributed by atoms with Crippen molar-refractivity contribution in [2.24, 2.45) is 4.99 Å². The van der Waals surface area contributed by atoms with E-state index in [1.807, 2.05) is 66.6 Å². The fraction of sp³-hybridized carbons (Fsp3) is 0.318. The number of aliphatic imine (C=N–C) groups is 1. The number of benzene rings is 1. The lowest BCUT2D eigenvalue weighted by Gasteiger charge is -2.37. The summed E-state index contributed by atoms with van der Waals surface area (Å²) in [5.74, 6) is 2.76. The number of rotatable bonds is 5. The number of nitrogens with one attached hydrogen (secondary N) is 1. The molecule has 1 fully saturated rings. The van der Waals surface area contributed by atoms with Crippen molar-refractivity contribution in [3.63, 3.8) is 0 Å². The highest BCUT2D eigenvalue weighted by Crippen LogP contribution is 2.15. The molecular formula is C22H27N7O. The summed E-state index contributed by atoms with van der Waals surface area (Å²) in [6.45, 7) is 4.26. The Kier molecular flexibility index (Phi) is 6.12. The maximum Gasteiger partial charge on any atom is 0.194 e. The largest absolute Gasteiger partial charge is 0.497 e. The van der Waals surface area contributed by atoms with Gasteiger partial charge < -0.3 is 19.9 Å². The van der Waals surface area contributed by atoms with Crippen molar-refractivity contribution in [2.45, 2.75) is 6.54 Å². The van der Waals surface area contributed by atoms with E-state index in [1.54, 1.807) is 7.11 Å². The number of piperazine rings is 1. The monoisotopic (exact) mass is 405 g/mol. The highest BCUT2D eigenvalue weighted by atomic mass is 16.5. The number of ether oxygens (including phenoxy) is 1. The first-order valence-corrected chi connectivity index (χ1v) is 10.1. The van der Waals surface area contributed by atoms with Gasteiger partial charge in [0.25, 0.3) is 0 Å². The SMILES string of the molecule is CN=C(NCc1ccn(-c2ccc(OC)cc2)n1)N1CCN(c2ccccn2)CC1. The minimum absolute atomic E-state index is 0.621. The molecule has 1 N–H and O–H groups in total. The summed E-state index contributed by atoms with van der Waals surface area (Å²) in [6, 6.07) is 15.9. The van der Waals surface area contributed by atoms with Gasteiger partial charge in [0, 0.05) is 45.6 Å². The van der Waals surface area contributed by atoms with Gasteiger partial charge in [-0.05, 0) is 42.5 Å². The molecule has 1 saturated heterocycles. The minimum Gasteiger partial charge on any atom is -0.497 e. The summed E-state index contributed by atoms with van der Waals surface area (Å²) in [7, 11) is 3.49. The molecule has 1 aromatic carbocycles. The third-order valence-corrected chi connectivity index (χ3v) is 5.17. The molecule has 1 aliphatic heterocycles. The predicted molar refractivity (Wildman–Crippen MR) is 118 cm³/mol. The molecule has 1 aliphatic rings. The van der Waals surface area contributed by atoms with Crippen molar-refractivity contribution >= 4 is 11.8 Å². The molecule has 8 heteroatoms. The Labute approximate surface area is 176 Å². The van der Waals surface area contributed by atoms with E-state index in [1.165, 1.54) is 0 Å². The van der Waals surface area contributed by atoms with E-state index in [-0.39, 0.29) is 0 Å². The van der Waals surface area contributed by atoms with Crippen LogP contribution in [0.15, 0.2) is 65.9 Å². The molecule has 3 aromatic rings. The van der Waals surface area contributed by atoms with Gasteiger partial charge in [0.2, 0.25) is 0 Å². The van der Waals surface area contributed by atoms with E-state index in [0.717, 1.165) is 55.1 Å². The second-order valence-corrected chi connectivity index (χ2v) is 7.01. The Hall–Kier alpha value is -3.55. The van der Waals surface area contributed by atoms with Crippen molar-refractivity contribution in [1.82, 2.24) is 25.0 Å². The lowest BCUT2D eigenvalue weighted by atomic mass is 10.3. The lowest BCUT2D eigenvalue weighted by Crippen LogP contribution is -2.52. The smallest absolute Gasteiger partial charge is 0.194 e. The van der Waals surface area contributed by atoms with Gasteiger partial charge in [0.15, 0.2) is 5.96 Å². The Bertz CT molecular complexity index is 961. The van der Waals surface area contributed by atoms with E-state index in [4.69, 9.17) is 4.74 Å². The molecule has 0 bridgehead atoms. The molecule has 0 saturated carbocycles. The predicted octanol–water partition coefficient (Wildman–Crippen LogP) is 2.17. The second kappa shape index (κ2) is 9.30. The topological polar surface area (TPSA) is 70.8 Å². The Morgan fingerprint density at radius 1 is 1.07 bits per heavy atom. The van der Waals surface area contributed by atoms with Crippen LogP contribution in [0.1, 0.15) is 5.69 Å². The van der Waals surface area contributed by atoms with Crippen molar-refractivity contribution < 1.29 is 4.74 Å². The fourth-order valence-corrected chi connectivity index (χ4v) is 3.52. The van der Waals surface area contributed by atoms with Gasteiger partial charge in [0.1, 0.15) is 11.6 Å². The van der Waals surface area contributed by atoms with E-state index in [2.05, 4.69) is 36.3 Å². The van der Waals surface area contributed by atoms with Gasteiger partial charge in [-0.3, -0.25) is 4.99 Å². The molecule has 3 heterocycles. The zero-order valence-corrected chi connectivity index (χ0v) is 17.4. The number of hydrogen-bond acceptors (Lipinski definition) is 5. The summed E-state index contributed by atoms with van der Waals surface area (Å²) in [4.78, 5) is 13.5. The van der Waals surface area contributed by atoms with E-state index < -0.39 is 0 Å². The molecule has 30 heavy (non-hydrogen) atoms. The molecule has 0 unspecified atom stereocenters. The number of methoxy groups -OCH3 is 1. The Morgan fingerprint density at radius 2 is 1.87 bits per heavy atom. The molecule has 0 radical (unpaired) electrons. The molecule has 156 valence electrons. The minimum atomic E-state index is 0.621. The third-order valence-electron chi connectivity index (χ3n) is 5.17. The second-order valence-electron chi connectivity index (χ2n) is 7.01. The number of guanidine groups is 1. The number of nitrogens with zero attached hydrogens (tertiary/aromatic N) is 6. The molecule has 0 spiro atoms.